The zero-order valence-electron chi connectivity index (χ0n) is 12.5. The van der Waals surface area contributed by atoms with Crippen LogP contribution >= 0.6 is 24.2 Å². The van der Waals surface area contributed by atoms with Crippen molar-refractivity contribution < 1.29 is 4.79 Å². The van der Waals surface area contributed by atoms with E-state index in [4.69, 9.17) is 5.73 Å². The minimum atomic E-state index is -0.101. The highest BCUT2D eigenvalue weighted by atomic mass is 35.5. The van der Waals surface area contributed by atoms with E-state index in [0.29, 0.717) is 6.42 Å². The Morgan fingerprint density at radius 3 is 2.81 bits per heavy atom. The molecule has 0 saturated heterocycles. The molecule has 5 heteroatoms. The molecule has 2 rings (SSSR count). The molecule has 1 fully saturated rings. The Balaban J connectivity index is 0.00000220. The molecule has 0 heterocycles. The number of rotatable bonds is 6. The zero-order valence-corrected chi connectivity index (χ0v) is 14.1. The molecule has 1 aromatic rings. The molecular weight excluding hydrogens is 304 g/mol. The average Bonchev–Trinajstić information content (AvgIpc) is 2.88. The third kappa shape index (κ3) is 6.72. The van der Waals surface area contributed by atoms with Crippen molar-refractivity contribution in [1.82, 2.24) is 0 Å². The Morgan fingerprint density at radius 2 is 2.14 bits per heavy atom. The maximum absolute atomic E-state index is 11.7. The third-order valence-corrected chi connectivity index (χ3v) is 4.95. The fourth-order valence-electron chi connectivity index (χ4n) is 2.51. The van der Waals surface area contributed by atoms with Gasteiger partial charge in [0.1, 0.15) is 0 Å². The first-order valence-corrected chi connectivity index (χ1v) is 8.44. The Hall–Kier alpha value is -0.710. The summed E-state index contributed by atoms with van der Waals surface area (Å²) in [4.78, 5) is 11.7. The van der Waals surface area contributed by atoms with Crippen LogP contribution in [0.4, 0.5) is 5.69 Å². The lowest BCUT2D eigenvalue weighted by Crippen LogP contribution is -2.23. The highest BCUT2D eigenvalue weighted by molar-refractivity contribution is 7.99. The first kappa shape index (κ1) is 18.3. The summed E-state index contributed by atoms with van der Waals surface area (Å²) in [6.07, 6.45) is 5.84. The van der Waals surface area contributed by atoms with Crippen molar-refractivity contribution in [2.24, 2.45) is 5.73 Å². The molecule has 0 aliphatic heterocycles. The van der Waals surface area contributed by atoms with Crippen molar-refractivity contribution in [2.45, 2.75) is 56.1 Å². The van der Waals surface area contributed by atoms with Gasteiger partial charge in [-0.05, 0) is 37.5 Å². The minimum Gasteiger partial charge on any atom is -0.327 e. The fraction of sp³-hybridized carbons (Fsp3) is 0.562. The summed E-state index contributed by atoms with van der Waals surface area (Å²) in [6.45, 7) is 1.84. The van der Waals surface area contributed by atoms with Crippen LogP contribution in [0.15, 0.2) is 24.3 Å². The summed E-state index contributed by atoms with van der Waals surface area (Å²) in [5, 5.41) is 3.74. The van der Waals surface area contributed by atoms with E-state index in [1.54, 1.807) is 0 Å². The fourth-order valence-corrected chi connectivity index (χ4v) is 3.79. The summed E-state index contributed by atoms with van der Waals surface area (Å²) < 4.78 is 0. The van der Waals surface area contributed by atoms with Gasteiger partial charge >= 0.3 is 0 Å². The Morgan fingerprint density at radius 1 is 1.43 bits per heavy atom. The van der Waals surface area contributed by atoms with E-state index in [-0.39, 0.29) is 24.4 Å². The molecule has 118 valence electrons. The van der Waals surface area contributed by atoms with E-state index >= 15 is 0 Å². The SMILES string of the molecule is CC(N)CC(=O)Nc1cccc(CSC2CCCC2)c1.Cl. The summed E-state index contributed by atoms with van der Waals surface area (Å²) in [6, 6.07) is 8.04. The smallest absolute Gasteiger partial charge is 0.225 e. The van der Waals surface area contributed by atoms with Crippen LogP contribution < -0.4 is 11.1 Å². The van der Waals surface area contributed by atoms with Crippen LogP contribution in [0.5, 0.6) is 0 Å². The van der Waals surface area contributed by atoms with E-state index < -0.39 is 0 Å². The molecule has 3 nitrogen and oxygen atoms in total. The summed E-state index contributed by atoms with van der Waals surface area (Å²) in [7, 11) is 0. The number of nitrogens with one attached hydrogen (secondary N) is 1. The molecule has 1 atom stereocenters. The van der Waals surface area contributed by atoms with Gasteiger partial charge in [-0.2, -0.15) is 11.8 Å². The molecule has 1 saturated carbocycles. The molecule has 1 unspecified atom stereocenters. The van der Waals surface area contributed by atoms with E-state index in [1.165, 1.54) is 31.2 Å². The van der Waals surface area contributed by atoms with E-state index in [0.717, 1.165) is 16.7 Å². The number of thioether (sulfide) groups is 1. The van der Waals surface area contributed by atoms with Crippen LogP contribution in [0.25, 0.3) is 0 Å². The number of amides is 1. The van der Waals surface area contributed by atoms with Gasteiger partial charge < -0.3 is 11.1 Å². The Bertz CT molecular complexity index is 448. The van der Waals surface area contributed by atoms with Crippen LogP contribution in [-0.2, 0) is 10.5 Å². The normalized spacial score (nSPS) is 16.3. The topological polar surface area (TPSA) is 55.1 Å². The number of benzene rings is 1. The molecule has 1 aliphatic rings. The van der Waals surface area contributed by atoms with Gasteiger partial charge in [0.2, 0.25) is 5.91 Å². The first-order chi connectivity index (χ1) is 9.63. The van der Waals surface area contributed by atoms with Crippen LogP contribution in [0.3, 0.4) is 0 Å². The molecule has 1 aromatic carbocycles. The summed E-state index contributed by atoms with van der Waals surface area (Å²) >= 11 is 2.04. The molecule has 3 N–H and O–H groups in total. The lowest BCUT2D eigenvalue weighted by molar-refractivity contribution is -0.116. The number of hydrogen-bond donors (Lipinski definition) is 2. The van der Waals surface area contributed by atoms with E-state index in [2.05, 4.69) is 17.4 Å². The zero-order chi connectivity index (χ0) is 14.4. The lowest BCUT2D eigenvalue weighted by atomic mass is 10.2. The van der Waals surface area contributed by atoms with Crippen LogP contribution in [0.2, 0.25) is 0 Å². The average molecular weight is 329 g/mol. The molecule has 1 amide bonds. The van der Waals surface area contributed by atoms with Gasteiger partial charge in [-0.3, -0.25) is 4.79 Å². The predicted octanol–water partition coefficient (Wildman–Crippen LogP) is 3.96. The second kappa shape index (κ2) is 9.34. The second-order valence-corrected chi connectivity index (χ2v) is 6.94. The monoisotopic (exact) mass is 328 g/mol. The van der Waals surface area contributed by atoms with E-state index in [9.17, 15) is 4.79 Å². The largest absolute Gasteiger partial charge is 0.327 e. The third-order valence-electron chi connectivity index (χ3n) is 3.51. The highest BCUT2D eigenvalue weighted by Crippen LogP contribution is 2.31. The van der Waals surface area contributed by atoms with Crippen molar-refractivity contribution in [3.63, 3.8) is 0 Å². The number of carbonyl (C=O) groups excluding carboxylic acids is 1. The predicted molar refractivity (Wildman–Crippen MR) is 94.1 cm³/mol. The highest BCUT2D eigenvalue weighted by Gasteiger charge is 2.15. The van der Waals surface area contributed by atoms with Crippen LogP contribution in [0, 0.1) is 0 Å². The molecule has 0 spiro atoms. The van der Waals surface area contributed by atoms with Crippen molar-refractivity contribution in [1.29, 1.82) is 0 Å². The van der Waals surface area contributed by atoms with Gasteiger partial charge in [-0.25, -0.2) is 0 Å². The van der Waals surface area contributed by atoms with Crippen molar-refractivity contribution in [3.05, 3.63) is 29.8 Å². The van der Waals surface area contributed by atoms with Gasteiger partial charge in [0, 0.05) is 29.2 Å². The van der Waals surface area contributed by atoms with Gasteiger partial charge in [-0.1, -0.05) is 25.0 Å². The second-order valence-electron chi connectivity index (χ2n) is 5.65. The summed E-state index contributed by atoms with van der Waals surface area (Å²) in [5.41, 5.74) is 7.78. The maximum atomic E-state index is 11.7. The Labute approximate surface area is 137 Å². The van der Waals surface area contributed by atoms with Crippen molar-refractivity contribution in [2.75, 3.05) is 5.32 Å². The van der Waals surface area contributed by atoms with Gasteiger partial charge in [0.15, 0.2) is 0 Å². The van der Waals surface area contributed by atoms with Gasteiger partial charge in [-0.15, -0.1) is 12.4 Å². The van der Waals surface area contributed by atoms with E-state index in [1.807, 2.05) is 30.8 Å². The number of anilines is 1. The van der Waals surface area contributed by atoms with Crippen LogP contribution in [-0.4, -0.2) is 17.2 Å². The minimum absolute atomic E-state index is 0. The number of nitrogens with two attached hydrogens (primary N) is 1. The maximum Gasteiger partial charge on any atom is 0.225 e. The van der Waals surface area contributed by atoms with Gasteiger partial charge in [0.25, 0.3) is 0 Å². The lowest BCUT2D eigenvalue weighted by Gasteiger charge is -2.11. The molecule has 0 aromatic heterocycles. The standard InChI is InChI=1S/C16H24N2OS.ClH/c1-12(17)9-16(19)18-14-6-4-5-13(10-14)11-20-15-7-2-3-8-15;/h4-6,10,12,15H,2-3,7-9,11,17H2,1H3,(H,18,19);1H. The first-order valence-electron chi connectivity index (χ1n) is 7.39. The van der Waals surface area contributed by atoms with Crippen molar-refractivity contribution >= 4 is 35.8 Å². The quantitative estimate of drug-likeness (QED) is 0.831. The molecule has 1 aliphatic carbocycles. The summed E-state index contributed by atoms with van der Waals surface area (Å²) in [5.74, 6) is 1.02. The van der Waals surface area contributed by atoms with Crippen LogP contribution in [0.1, 0.15) is 44.6 Å². The van der Waals surface area contributed by atoms with Gasteiger partial charge in [0.05, 0.1) is 0 Å². The number of carbonyl (C=O) groups is 1. The number of halogens is 1. The molecule has 0 bridgehead atoms. The molecular formula is C16H25ClN2OS. The number of hydrogen-bond acceptors (Lipinski definition) is 3. The molecule has 21 heavy (non-hydrogen) atoms. The Kier molecular flexibility index (Phi) is 8.15. The molecule has 0 radical (unpaired) electrons. The van der Waals surface area contributed by atoms with Crippen molar-refractivity contribution in [3.8, 4) is 0 Å².